The van der Waals surface area contributed by atoms with Crippen LogP contribution >= 0.6 is 0 Å². The van der Waals surface area contributed by atoms with Crippen molar-refractivity contribution in [2.45, 2.75) is 37.2 Å². The maximum atomic E-state index is 14.5. The van der Waals surface area contributed by atoms with Gasteiger partial charge in [0.05, 0.1) is 0 Å². The van der Waals surface area contributed by atoms with Gasteiger partial charge >= 0.3 is 0 Å². The average molecular weight is 315 g/mol. The molecule has 0 saturated heterocycles. The van der Waals surface area contributed by atoms with Gasteiger partial charge in [0.2, 0.25) is 0 Å². The van der Waals surface area contributed by atoms with Gasteiger partial charge in [-0.15, -0.1) is 11.3 Å². The number of ether oxygens (including phenoxy) is 1. The summed E-state index contributed by atoms with van der Waals surface area (Å²) in [5.41, 5.74) is -1.16. The molecule has 0 spiro atoms. The number of fused-ring (bicyclic) bond motifs is 1. The van der Waals surface area contributed by atoms with Gasteiger partial charge in [0, 0.05) is 16.9 Å². The Hall–Kier alpha value is -1.11. The molecule has 1 aromatic rings. The van der Waals surface area contributed by atoms with Gasteiger partial charge in [0.15, 0.2) is 17.7 Å². The quantitative estimate of drug-likeness (QED) is 0.689. The molecular weight excluding hydrogens is 296 g/mol. The van der Waals surface area contributed by atoms with Crippen LogP contribution in [-0.2, 0) is 16.9 Å². The fraction of sp³-hybridized carbons (Fsp3) is 0.467. The second-order valence-electron chi connectivity index (χ2n) is 5.95. The summed E-state index contributed by atoms with van der Waals surface area (Å²) < 4.78 is 48.1. The highest BCUT2D eigenvalue weighted by atomic mass is 32.2. The van der Waals surface area contributed by atoms with Crippen LogP contribution in [0.25, 0.3) is 0 Å². The van der Waals surface area contributed by atoms with Gasteiger partial charge in [0.25, 0.3) is 0 Å². The molecule has 0 saturated carbocycles. The van der Waals surface area contributed by atoms with Crippen LogP contribution in [0, 0.1) is 5.82 Å². The van der Waals surface area contributed by atoms with Crippen LogP contribution in [0.4, 0.5) is 8.78 Å². The van der Waals surface area contributed by atoms with E-state index in [2.05, 4.69) is 11.3 Å². The minimum Gasteiger partial charge on any atom is -0.598 e. The third-order valence-electron chi connectivity index (χ3n) is 3.42. The molecule has 0 unspecified atom stereocenters. The molecule has 21 heavy (non-hydrogen) atoms. The van der Waals surface area contributed by atoms with Crippen molar-refractivity contribution in [3.05, 3.63) is 42.2 Å². The molecule has 6 heteroatoms. The lowest BCUT2D eigenvalue weighted by Crippen LogP contribution is -2.58. The van der Waals surface area contributed by atoms with Crippen LogP contribution < -0.4 is 9.46 Å². The molecule has 1 aliphatic rings. The van der Waals surface area contributed by atoms with Crippen molar-refractivity contribution in [1.29, 1.82) is 0 Å². The minimum absolute atomic E-state index is 0.0234. The highest BCUT2D eigenvalue weighted by molar-refractivity contribution is 7.90. The topological polar surface area (TPSA) is 44.3 Å². The van der Waals surface area contributed by atoms with E-state index in [-0.39, 0.29) is 17.9 Å². The smallest absolute Gasteiger partial charge is 0.165 e. The Morgan fingerprint density at radius 3 is 2.76 bits per heavy atom. The summed E-state index contributed by atoms with van der Waals surface area (Å²) >= 11 is -1.55. The summed E-state index contributed by atoms with van der Waals surface area (Å²) in [4.78, 5) is 0. The van der Waals surface area contributed by atoms with Gasteiger partial charge in [-0.05, 0) is 26.8 Å². The van der Waals surface area contributed by atoms with E-state index in [0.29, 0.717) is 0 Å². The second-order valence-corrected chi connectivity index (χ2v) is 7.92. The largest absolute Gasteiger partial charge is 0.598 e. The Morgan fingerprint density at radius 2 is 2.19 bits per heavy atom. The van der Waals surface area contributed by atoms with Gasteiger partial charge < -0.3 is 9.29 Å². The molecule has 0 aliphatic carbocycles. The fourth-order valence-electron chi connectivity index (χ4n) is 2.14. The number of halogens is 2. The molecule has 1 heterocycles. The fourth-order valence-corrected chi connectivity index (χ4v) is 3.08. The Labute approximate surface area is 126 Å². The zero-order valence-corrected chi connectivity index (χ0v) is 13.1. The predicted molar refractivity (Wildman–Crippen MR) is 79.7 cm³/mol. The number of hydrogen-bond donors (Lipinski definition) is 1. The number of rotatable bonds is 3. The Kier molecular flexibility index (Phi) is 4.33. The molecule has 1 aromatic carbocycles. The van der Waals surface area contributed by atoms with E-state index < -0.39 is 33.6 Å². The molecule has 1 N–H and O–H groups in total. The number of hydrogen-bond acceptors (Lipinski definition) is 3. The van der Waals surface area contributed by atoms with Crippen LogP contribution in [0.5, 0.6) is 5.75 Å². The molecule has 116 valence electrons. The normalized spacial score (nSPS) is 26.7. The number of benzene rings is 1. The van der Waals surface area contributed by atoms with Crippen molar-refractivity contribution in [2.24, 2.45) is 0 Å². The number of alkyl halides is 1. The zero-order chi connectivity index (χ0) is 15.8. The molecule has 0 radical (unpaired) electrons. The molecule has 2 rings (SSSR count). The van der Waals surface area contributed by atoms with Gasteiger partial charge in [-0.3, -0.25) is 0 Å². The van der Waals surface area contributed by atoms with Gasteiger partial charge in [-0.25, -0.2) is 8.78 Å². The number of nitrogens with one attached hydrogen (secondary N) is 1. The molecule has 1 aliphatic heterocycles. The number of para-hydroxylation sites is 1. The SMILES string of the molecule is C=C[C@@]1(N[S@+]([O-])C(C)(C)C)c2cccc(F)c2OC[C@@H]1F. The van der Waals surface area contributed by atoms with E-state index in [1.54, 1.807) is 26.8 Å². The Bertz CT molecular complexity index is 547. The monoisotopic (exact) mass is 315 g/mol. The summed E-state index contributed by atoms with van der Waals surface area (Å²) in [7, 11) is 0. The van der Waals surface area contributed by atoms with E-state index in [1.165, 1.54) is 18.2 Å². The Morgan fingerprint density at radius 1 is 1.52 bits per heavy atom. The van der Waals surface area contributed by atoms with Crippen LogP contribution in [0.15, 0.2) is 30.9 Å². The van der Waals surface area contributed by atoms with Crippen LogP contribution in [0.3, 0.4) is 0 Å². The third kappa shape index (κ3) is 2.80. The summed E-state index contributed by atoms with van der Waals surface area (Å²) in [6.45, 7) is 8.64. The summed E-state index contributed by atoms with van der Waals surface area (Å²) in [6.07, 6.45) is -0.183. The van der Waals surface area contributed by atoms with Crippen LogP contribution in [0.1, 0.15) is 26.3 Å². The average Bonchev–Trinajstić information content (AvgIpc) is 2.41. The minimum atomic E-state index is -1.55. The van der Waals surface area contributed by atoms with E-state index >= 15 is 0 Å². The van der Waals surface area contributed by atoms with Crippen molar-refractivity contribution in [3.8, 4) is 5.75 Å². The van der Waals surface area contributed by atoms with E-state index in [0.717, 1.165) is 0 Å². The van der Waals surface area contributed by atoms with E-state index in [9.17, 15) is 13.3 Å². The lowest BCUT2D eigenvalue weighted by atomic mass is 9.84. The second kappa shape index (κ2) is 5.59. The summed E-state index contributed by atoms with van der Waals surface area (Å²) in [5, 5.41) is 0. The third-order valence-corrected chi connectivity index (χ3v) is 5.06. The lowest BCUT2D eigenvalue weighted by molar-refractivity contribution is 0.100. The van der Waals surface area contributed by atoms with E-state index in [1.807, 2.05) is 0 Å². The van der Waals surface area contributed by atoms with Crippen molar-refractivity contribution in [1.82, 2.24) is 4.72 Å². The molecule has 0 fully saturated rings. The van der Waals surface area contributed by atoms with Crippen molar-refractivity contribution < 1.29 is 18.1 Å². The lowest BCUT2D eigenvalue weighted by Gasteiger charge is -2.40. The van der Waals surface area contributed by atoms with E-state index in [4.69, 9.17) is 4.74 Å². The molecule has 0 amide bonds. The first-order chi connectivity index (χ1) is 9.72. The standard InChI is InChI=1S/C15H19F2NO2S/c1-5-15(18-21(19)14(2,3)4)10-7-6-8-11(16)13(10)20-9-12(15)17/h5-8,12,18H,1,9H2,2-4H3/t12-,15+,21+/m0/s1. The maximum absolute atomic E-state index is 14.5. The summed E-state index contributed by atoms with van der Waals surface area (Å²) in [5.74, 6) is -0.598. The van der Waals surface area contributed by atoms with Crippen molar-refractivity contribution in [2.75, 3.05) is 6.61 Å². The van der Waals surface area contributed by atoms with Crippen LogP contribution in [-0.4, -0.2) is 22.1 Å². The molecule has 3 atom stereocenters. The highest BCUT2D eigenvalue weighted by Gasteiger charge is 2.50. The molecular formula is C15H19F2NO2S. The summed E-state index contributed by atoms with van der Waals surface area (Å²) in [6, 6.07) is 4.26. The maximum Gasteiger partial charge on any atom is 0.165 e. The first kappa shape index (κ1) is 16.3. The highest BCUT2D eigenvalue weighted by Crippen LogP contribution is 2.42. The van der Waals surface area contributed by atoms with Crippen molar-refractivity contribution >= 4 is 11.4 Å². The van der Waals surface area contributed by atoms with Gasteiger partial charge in [0.1, 0.15) is 16.9 Å². The first-order valence-electron chi connectivity index (χ1n) is 6.61. The van der Waals surface area contributed by atoms with Crippen LogP contribution in [0.2, 0.25) is 0 Å². The molecule has 3 nitrogen and oxygen atoms in total. The zero-order valence-electron chi connectivity index (χ0n) is 12.3. The Balaban J connectivity index is 2.52. The van der Waals surface area contributed by atoms with Gasteiger partial charge in [-0.1, -0.05) is 18.2 Å². The van der Waals surface area contributed by atoms with Gasteiger partial charge in [-0.2, -0.15) is 0 Å². The predicted octanol–water partition coefficient (Wildman–Crippen LogP) is 2.99. The molecule has 0 bridgehead atoms. The van der Waals surface area contributed by atoms with Crippen molar-refractivity contribution in [3.63, 3.8) is 0 Å². The first-order valence-corrected chi connectivity index (χ1v) is 7.76. The molecule has 0 aromatic heterocycles.